The van der Waals surface area contributed by atoms with Crippen molar-refractivity contribution >= 4 is 10.0 Å². The maximum atomic E-state index is 11.5. The number of hydrogen-bond donors (Lipinski definition) is 1. The molecule has 1 fully saturated rings. The first-order valence-corrected chi connectivity index (χ1v) is 7.83. The Hall–Kier alpha value is -0.130. The van der Waals surface area contributed by atoms with E-state index in [2.05, 4.69) is 6.92 Å². The van der Waals surface area contributed by atoms with E-state index in [1.54, 1.807) is 4.31 Å². The summed E-state index contributed by atoms with van der Waals surface area (Å²) in [5.41, 5.74) is 5.97. The van der Waals surface area contributed by atoms with Gasteiger partial charge in [0.25, 0.3) is 0 Å². The summed E-state index contributed by atoms with van der Waals surface area (Å²) in [5.74, 6) is 0.415. The molecule has 1 aliphatic rings. The summed E-state index contributed by atoms with van der Waals surface area (Å²) in [7, 11) is -3.03. The monoisotopic (exact) mass is 248 g/mol. The van der Waals surface area contributed by atoms with Gasteiger partial charge in [-0.05, 0) is 38.5 Å². The summed E-state index contributed by atoms with van der Waals surface area (Å²) in [5, 5.41) is 0. The van der Waals surface area contributed by atoms with Crippen LogP contribution in [0.25, 0.3) is 0 Å². The second-order valence-corrected chi connectivity index (χ2v) is 7.32. The van der Waals surface area contributed by atoms with Crippen LogP contribution in [0.1, 0.15) is 39.5 Å². The van der Waals surface area contributed by atoms with E-state index in [9.17, 15) is 8.42 Å². The minimum absolute atomic E-state index is 0.162. The molecule has 0 saturated carbocycles. The van der Waals surface area contributed by atoms with Crippen LogP contribution < -0.4 is 5.73 Å². The first-order valence-electron chi connectivity index (χ1n) is 5.98. The van der Waals surface area contributed by atoms with Crippen molar-refractivity contribution in [1.29, 1.82) is 0 Å². The molecule has 0 aromatic carbocycles. The molecule has 2 N–H and O–H groups in total. The van der Waals surface area contributed by atoms with Crippen molar-refractivity contribution in [3.63, 3.8) is 0 Å². The van der Waals surface area contributed by atoms with E-state index in [0.29, 0.717) is 19.0 Å². The summed E-state index contributed by atoms with van der Waals surface area (Å²) in [6, 6.07) is 0. The normalized spacial score (nSPS) is 27.6. The van der Waals surface area contributed by atoms with E-state index in [0.717, 1.165) is 25.7 Å². The van der Waals surface area contributed by atoms with Crippen LogP contribution in [0, 0.1) is 5.92 Å². The minimum Gasteiger partial charge on any atom is -0.325 e. The summed E-state index contributed by atoms with van der Waals surface area (Å²) < 4.78 is 24.5. The van der Waals surface area contributed by atoms with Crippen molar-refractivity contribution in [2.24, 2.45) is 11.7 Å². The zero-order valence-corrected chi connectivity index (χ0v) is 11.4. The molecule has 0 aliphatic carbocycles. The lowest BCUT2D eigenvalue weighted by Crippen LogP contribution is -2.44. The van der Waals surface area contributed by atoms with Crippen molar-refractivity contribution in [3.8, 4) is 0 Å². The fourth-order valence-electron chi connectivity index (χ4n) is 2.30. The van der Waals surface area contributed by atoms with E-state index in [4.69, 9.17) is 5.73 Å². The topological polar surface area (TPSA) is 63.4 Å². The maximum Gasteiger partial charge on any atom is 0.211 e. The van der Waals surface area contributed by atoms with Crippen LogP contribution >= 0.6 is 0 Å². The smallest absolute Gasteiger partial charge is 0.211 e. The van der Waals surface area contributed by atoms with Gasteiger partial charge in [-0.3, -0.25) is 0 Å². The van der Waals surface area contributed by atoms with Crippen LogP contribution in [0.15, 0.2) is 0 Å². The second kappa shape index (κ2) is 5.02. The van der Waals surface area contributed by atoms with Gasteiger partial charge in [0.2, 0.25) is 10.0 Å². The summed E-state index contributed by atoms with van der Waals surface area (Å²) in [6.45, 7) is 5.44. The molecule has 16 heavy (non-hydrogen) atoms. The van der Waals surface area contributed by atoms with Crippen LogP contribution in [0.4, 0.5) is 0 Å². The first kappa shape index (κ1) is 13.9. The SMILES string of the molecule is CCC(C)(N)CC1CCCN(S(C)(=O)=O)C1. The van der Waals surface area contributed by atoms with Crippen LogP contribution in [0.3, 0.4) is 0 Å². The summed E-state index contributed by atoms with van der Waals surface area (Å²) >= 11 is 0. The van der Waals surface area contributed by atoms with Crippen molar-refractivity contribution in [2.75, 3.05) is 19.3 Å². The minimum atomic E-state index is -3.03. The predicted molar refractivity (Wildman–Crippen MR) is 66.6 cm³/mol. The zero-order valence-electron chi connectivity index (χ0n) is 10.6. The second-order valence-electron chi connectivity index (χ2n) is 5.34. The van der Waals surface area contributed by atoms with Gasteiger partial charge in [-0.2, -0.15) is 0 Å². The number of nitrogens with two attached hydrogens (primary N) is 1. The molecule has 0 aromatic heterocycles. The average Bonchev–Trinajstić information content (AvgIpc) is 2.16. The third-order valence-electron chi connectivity index (χ3n) is 3.51. The molecule has 1 rings (SSSR count). The fraction of sp³-hybridized carbons (Fsp3) is 1.00. The van der Waals surface area contributed by atoms with E-state index >= 15 is 0 Å². The molecule has 0 bridgehead atoms. The third kappa shape index (κ3) is 4.03. The van der Waals surface area contributed by atoms with Gasteiger partial charge in [0.1, 0.15) is 0 Å². The van der Waals surface area contributed by atoms with Gasteiger partial charge < -0.3 is 5.73 Å². The predicted octanol–water partition coefficient (Wildman–Crippen LogP) is 1.18. The Morgan fingerprint density at radius 3 is 2.62 bits per heavy atom. The molecule has 0 radical (unpaired) electrons. The van der Waals surface area contributed by atoms with Crippen molar-refractivity contribution in [3.05, 3.63) is 0 Å². The van der Waals surface area contributed by atoms with Crippen molar-refractivity contribution < 1.29 is 8.42 Å². The number of sulfonamides is 1. The van der Waals surface area contributed by atoms with Crippen molar-refractivity contribution in [2.45, 2.75) is 45.1 Å². The molecular formula is C11H24N2O2S. The molecule has 1 aliphatic heterocycles. The highest BCUT2D eigenvalue weighted by Crippen LogP contribution is 2.26. The molecule has 0 spiro atoms. The van der Waals surface area contributed by atoms with Gasteiger partial charge in [0.15, 0.2) is 0 Å². The maximum absolute atomic E-state index is 11.5. The Balaban J connectivity index is 2.58. The van der Waals surface area contributed by atoms with E-state index < -0.39 is 10.0 Å². The molecule has 1 saturated heterocycles. The van der Waals surface area contributed by atoms with Gasteiger partial charge in [-0.1, -0.05) is 6.92 Å². The quantitative estimate of drug-likeness (QED) is 0.812. The highest BCUT2D eigenvalue weighted by Gasteiger charge is 2.29. The molecule has 1 heterocycles. The Labute approximate surface area is 99.2 Å². The van der Waals surface area contributed by atoms with Gasteiger partial charge in [-0.15, -0.1) is 0 Å². The zero-order chi connectivity index (χ0) is 12.4. The molecule has 4 nitrogen and oxygen atoms in total. The van der Waals surface area contributed by atoms with Crippen LogP contribution in [0.2, 0.25) is 0 Å². The largest absolute Gasteiger partial charge is 0.325 e. The van der Waals surface area contributed by atoms with E-state index in [1.807, 2.05) is 6.92 Å². The van der Waals surface area contributed by atoms with Gasteiger partial charge in [0.05, 0.1) is 6.26 Å². The lowest BCUT2D eigenvalue weighted by atomic mass is 9.84. The molecule has 2 atom stereocenters. The molecule has 96 valence electrons. The standard InChI is InChI=1S/C11H24N2O2S/c1-4-11(2,12)8-10-6-5-7-13(9-10)16(3,14)15/h10H,4-9,12H2,1-3H3. The van der Waals surface area contributed by atoms with Gasteiger partial charge >= 0.3 is 0 Å². The van der Waals surface area contributed by atoms with Gasteiger partial charge in [-0.25, -0.2) is 12.7 Å². The Morgan fingerprint density at radius 1 is 1.50 bits per heavy atom. The molecule has 2 unspecified atom stereocenters. The van der Waals surface area contributed by atoms with Gasteiger partial charge in [0, 0.05) is 18.6 Å². The van der Waals surface area contributed by atoms with Crippen molar-refractivity contribution in [1.82, 2.24) is 4.31 Å². The molecule has 5 heteroatoms. The number of hydrogen-bond acceptors (Lipinski definition) is 3. The fourth-order valence-corrected chi connectivity index (χ4v) is 3.24. The van der Waals surface area contributed by atoms with Crippen LogP contribution in [-0.4, -0.2) is 37.6 Å². The average molecular weight is 248 g/mol. The molecular weight excluding hydrogens is 224 g/mol. The highest BCUT2D eigenvalue weighted by molar-refractivity contribution is 7.88. The molecule has 0 amide bonds. The third-order valence-corrected chi connectivity index (χ3v) is 4.78. The number of rotatable bonds is 4. The van der Waals surface area contributed by atoms with Crippen LogP contribution in [0.5, 0.6) is 0 Å². The Bertz CT molecular complexity index is 325. The lowest BCUT2D eigenvalue weighted by Gasteiger charge is -2.35. The molecule has 0 aromatic rings. The highest BCUT2D eigenvalue weighted by atomic mass is 32.2. The number of nitrogens with zero attached hydrogens (tertiary/aromatic N) is 1. The lowest BCUT2D eigenvalue weighted by molar-refractivity contribution is 0.218. The Morgan fingerprint density at radius 2 is 2.12 bits per heavy atom. The summed E-state index contributed by atoms with van der Waals surface area (Å²) in [6.07, 6.45) is 5.19. The van der Waals surface area contributed by atoms with E-state index in [-0.39, 0.29) is 5.54 Å². The summed E-state index contributed by atoms with van der Waals surface area (Å²) in [4.78, 5) is 0. The van der Waals surface area contributed by atoms with E-state index in [1.165, 1.54) is 6.26 Å². The van der Waals surface area contributed by atoms with Crippen LogP contribution in [-0.2, 0) is 10.0 Å². The Kier molecular flexibility index (Phi) is 4.37. The first-order chi connectivity index (χ1) is 7.24. The number of piperidine rings is 1.